The summed E-state index contributed by atoms with van der Waals surface area (Å²) in [5.74, 6) is -2.83. The number of pyridine rings is 1. The van der Waals surface area contributed by atoms with Crippen molar-refractivity contribution in [2.24, 2.45) is 4.99 Å². The molecule has 0 saturated carbocycles. The Morgan fingerprint density at radius 1 is 1.19 bits per heavy atom. The van der Waals surface area contributed by atoms with Gasteiger partial charge in [-0.3, -0.25) is 19.6 Å². The summed E-state index contributed by atoms with van der Waals surface area (Å²) in [5, 5.41) is 13.0. The lowest BCUT2D eigenvalue weighted by Crippen LogP contribution is -2.08. The number of halogens is 2. The zero-order chi connectivity index (χ0) is 18.8. The molecular formula is C18H13F2N3O3. The van der Waals surface area contributed by atoms with Crippen LogP contribution in [0.4, 0.5) is 20.2 Å². The first-order chi connectivity index (χ1) is 12.4. The summed E-state index contributed by atoms with van der Waals surface area (Å²) in [5.41, 5.74) is -0.771. The fraction of sp³-hybridized carbons (Fsp3) is 0.0556. The van der Waals surface area contributed by atoms with Crippen LogP contribution in [0.1, 0.15) is 12.5 Å². The Bertz CT molecular complexity index is 1110. The molecule has 1 aromatic heterocycles. The first-order valence-corrected chi connectivity index (χ1v) is 7.51. The summed E-state index contributed by atoms with van der Waals surface area (Å²) in [6.07, 6.45) is 1.15. The van der Waals surface area contributed by atoms with Gasteiger partial charge >= 0.3 is 0 Å². The standard InChI is InChI=1S/C18H13F2N3O3/c1-9(24)22-16-7-15(13(19)6-14(16)20)21-8-12-10-4-2-3-5-11(10)17(25)23-18(12)26/h2-8H,1H3,(H,22,24)(H2,23,25,26). The van der Waals surface area contributed by atoms with Crippen LogP contribution in [0.15, 0.2) is 46.2 Å². The van der Waals surface area contributed by atoms with Gasteiger partial charge in [0.15, 0.2) is 5.82 Å². The van der Waals surface area contributed by atoms with Crippen molar-refractivity contribution in [1.82, 2.24) is 4.98 Å². The van der Waals surface area contributed by atoms with Crippen LogP contribution in [0.2, 0.25) is 0 Å². The van der Waals surface area contributed by atoms with E-state index in [1.807, 2.05) is 0 Å². The van der Waals surface area contributed by atoms with Crippen molar-refractivity contribution in [1.29, 1.82) is 0 Å². The molecule has 132 valence electrons. The van der Waals surface area contributed by atoms with Crippen molar-refractivity contribution in [2.75, 3.05) is 5.32 Å². The molecule has 26 heavy (non-hydrogen) atoms. The first kappa shape index (κ1) is 17.3. The number of aliphatic imine (C=N–C) groups is 1. The molecule has 0 saturated heterocycles. The van der Waals surface area contributed by atoms with Crippen molar-refractivity contribution in [3.63, 3.8) is 0 Å². The minimum Gasteiger partial charge on any atom is -0.494 e. The van der Waals surface area contributed by atoms with Gasteiger partial charge in [0.1, 0.15) is 11.5 Å². The maximum absolute atomic E-state index is 14.0. The minimum atomic E-state index is -0.943. The van der Waals surface area contributed by atoms with E-state index in [1.54, 1.807) is 24.3 Å². The van der Waals surface area contributed by atoms with Gasteiger partial charge in [-0.25, -0.2) is 8.78 Å². The van der Waals surface area contributed by atoms with Crippen molar-refractivity contribution in [2.45, 2.75) is 6.92 Å². The van der Waals surface area contributed by atoms with E-state index in [0.29, 0.717) is 16.8 Å². The monoisotopic (exact) mass is 357 g/mol. The quantitative estimate of drug-likeness (QED) is 0.628. The zero-order valence-corrected chi connectivity index (χ0v) is 13.5. The van der Waals surface area contributed by atoms with Crippen LogP contribution in [0, 0.1) is 11.6 Å². The maximum atomic E-state index is 14.0. The van der Waals surface area contributed by atoms with Crippen LogP contribution in [-0.4, -0.2) is 22.2 Å². The van der Waals surface area contributed by atoms with Gasteiger partial charge in [0.25, 0.3) is 5.56 Å². The van der Waals surface area contributed by atoms with Crippen LogP contribution in [0.3, 0.4) is 0 Å². The van der Waals surface area contributed by atoms with Crippen molar-refractivity contribution in [3.8, 4) is 5.88 Å². The third kappa shape index (κ3) is 3.30. The molecule has 0 atom stereocenters. The maximum Gasteiger partial charge on any atom is 0.258 e. The highest BCUT2D eigenvalue weighted by molar-refractivity contribution is 6.02. The molecule has 8 heteroatoms. The molecule has 0 aliphatic rings. The summed E-state index contributed by atoms with van der Waals surface area (Å²) >= 11 is 0. The van der Waals surface area contributed by atoms with E-state index >= 15 is 0 Å². The number of aromatic nitrogens is 1. The molecule has 2 aromatic carbocycles. The van der Waals surface area contributed by atoms with Crippen molar-refractivity contribution in [3.05, 3.63) is 63.9 Å². The molecule has 0 aliphatic carbocycles. The molecular weight excluding hydrogens is 344 g/mol. The Balaban J connectivity index is 2.10. The number of amides is 1. The van der Waals surface area contributed by atoms with Crippen LogP contribution >= 0.6 is 0 Å². The number of benzene rings is 2. The Kier molecular flexibility index (Phi) is 4.49. The van der Waals surface area contributed by atoms with E-state index < -0.39 is 29.0 Å². The van der Waals surface area contributed by atoms with E-state index in [9.17, 15) is 23.5 Å². The second kappa shape index (κ2) is 6.75. The van der Waals surface area contributed by atoms with E-state index in [4.69, 9.17) is 0 Å². The van der Waals surface area contributed by atoms with E-state index in [1.165, 1.54) is 6.92 Å². The fourth-order valence-corrected chi connectivity index (χ4v) is 2.47. The lowest BCUT2D eigenvalue weighted by Gasteiger charge is -2.07. The highest BCUT2D eigenvalue weighted by Crippen LogP contribution is 2.27. The number of carbonyl (C=O) groups excluding carboxylic acids is 1. The second-order valence-corrected chi connectivity index (χ2v) is 5.48. The van der Waals surface area contributed by atoms with Gasteiger partial charge in [0.2, 0.25) is 11.8 Å². The summed E-state index contributed by atoms with van der Waals surface area (Å²) in [6, 6.07) is 8.14. The van der Waals surface area contributed by atoms with Crippen molar-refractivity contribution >= 4 is 34.3 Å². The van der Waals surface area contributed by atoms with Gasteiger partial charge in [-0.05, 0) is 12.1 Å². The average molecular weight is 357 g/mol. The van der Waals surface area contributed by atoms with Gasteiger partial charge in [-0.1, -0.05) is 18.2 Å². The number of aromatic hydroxyl groups is 1. The molecule has 1 amide bonds. The number of fused-ring (bicyclic) bond motifs is 1. The van der Waals surface area contributed by atoms with E-state index in [2.05, 4.69) is 15.3 Å². The van der Waals surface area contributed by atoms with E-state index in [0.717, 1.165) is 12.3 Å². The third-order valence-corrected chi connectivity index (χ3v) is 3.63. The Hall–Kier alpha value is -3.55. The number of carbonyl (C=O) groups is 1. The van der Waals surface area contributed by atoms with Gasteiger partial charge in [-0.2, -0.15) is 0 Å². The number of hydrogen-bond acceptors (Lipinski definition) is 4. The third-order valence-electron chi connectivity index (χ3n) is 3.63. The predicted octanol–water partition coefficient (Wildman–Crippen LogP) is 3.22. The summed E-state index contributed by atoms with van der Waals surface area (Å²) in [6.45, 7) is 1.19. The number of anilines is 1. The second-order valence-electron chi connectivity index (χ2n) is 5.48. The molecule has 0 radical (unpaired) electrons. The molecule has 6 nitrogen and oxygen atoms in total. The number of H-pyrrole nitrogens is 1. The van der Waals surface area contributed by atoms with Gasteiger partial charge in [0.05, 0.1) is 11.3 Å². The molecule has 0 aliphatic heterocycles. The summed E-state index contributed by atoms with van der Waals surface area (Å²) < 4.78 is 27.6. The molecule has 0 spiro atoms. The van der Waals surface area contributed by atoms with Crippen LogP contribution in [-0.2, 0) is 4.79 Å². The zero-order valence-electron chi connectivity index (χ0n) is 13.5. The number of nitrogens with zero attached hydrogens (tertiary/aromatic N) is 1. The van der Waals surface area contributed by atoms with Gasteiger partial charge < -0.3 is 10.4 Å². The van der Waals surface area contributed by atoms with E-state index in [-0.39, 0.29) is 16.9 Å². The molecule has 3 N–H and O–H groups in total. The smallest absolute Gasteiger partial charge is 0.258 e. The van der Waals surface area contributed by atoms with Crippen molar-refractivity contribution < 1.29 is 18.7 Å². The first-order valence-electron chi connectivity index (χ1n) is 7.51. The lowest BCUT2D eigenvalue weighted by atomic mass is 10.1. The molecule has 0 fully saturated rings. The van der Waals surface area contributed by atoms with Gasteiger partial charge in [0, 0.05) is 30.0 Å². The molecule has 0 bridgehead atoms. The van der Waals surface area contributed by atoms with Crippen LogP contribution in [0.25, 0.3) is 10.8 Å². The highest BCUT2D eigenvalue weighted by Gasteiger charge is 2.12. The highest BCUT2D eigenvalue weighted by atomic mass is 19.1. The topological polar surface area (TPSA) is 94.5 Å². The number of aromatic amines is 1. The number of nitrogens with one attached hydrogen (secondary N) is 2. The lowest BCUT2D eigenvalue weighted by molar-refractivity contribution is -0.114. The molecule has 0 unspecified atom stereocenters. The number of hydrogen-bond donors (Lipinski definition) is 3. The molecule has 3 rings (SSSR count). The Morgan fingerprint density at radius 3 is 2.58 bits per heavy atom. The Labute approximate surface area is 145 Å². The molecule has 3 aromatic rings. The fourth-order valence-electron chi connectivity index (χ4n) is 2.47. The van der Waals surface area contributed by atoms with Crippen LogP contribution < -0.4 is 10.9 Å². The largest absolute Gasteiger partial charge is 0.494 e. The minimum absolute atomic E-state index is 0.171. The number of rotatable bonds is 3. The Morgan fingerprint density at radius 2 is 1.88 bits per heavy atom. The van der Waals surface area contributed by atoms with Gasteiger partial charge in [-0.15, -0.1) is 0 Å². The summed E-state index contributed by atoms with van der Waals surface area (Å²) in [7, 11) is 0. The molecule has 1 heterocycles. The normalized spacial score (nSPS) is 11.2. The summed E-state index contributed by atoms with van der Waals surface area (Å²) in [4.78, 5) is 29.2. The average Bonchev–Trinajstić information content (AvgIpc) is 2.58. The SMILES string of the molecule is CC(=O)Nc1cc(N=Cc2c(O)[nH]c(=O)c3ccccc23)c(F)cc1F. The predicted molar refractivity (Wildman–Crippen MR) is 94.1 cm³/mol. The van der Waals surface area contributed by atoms with Crippen LogP contribution in [0.5, 0.6) is 5.88 Å².